The second-order valence-electron chi connectivity index (χ2n) is 4.29. The van der Waals surface area contributed by atoms with E-state index >= 15 is 0 Å². The van der Waals surface area contributed by atoms with Gasteiger partial charge in [0.1, 0.15) is 5.82 Å². The average molecular weight is 211 g/mol. The van der Waals surface area contributed by atoms with Crippen LogP contribution in [0.1, 0.15) is 44.9 Å². The van der Waals surface area contributed by atoms with Crippen molar-refractivity contribution in [2.24, 2.45) is 5.92 Å². The van der Waals surface area contributed by atoms with Crippen LogP contribution in [0.25, 0.3) is 0 Å². The lowest BCUT2D eigenvalue weighted by Crippen LogP contribution is -2.09. The summed E-state index contributed by atoms with van der Waals surface area (Å²) in [6.45, 7) is 5.48. The molecule has 1 aliphatic carbocycles. The quantitative estimate of drug-likeness (QED) is 0.777. The van der Waals surface area contributed by atoms with Gasteiger partial charge in [-0.2, -0.15) is 5.10 Å². The van der Waals surface area contributed by atoms with Crippen LogP contribution in [0.15, 0.2) is 0 Å². The zero-order valence-electron chi connectivity index (χ0n) is 8.79. The first kappa shape index (κ1) is 9.90. The molecule has 1 heterocycles. The highest BCUT2D eigenvalue weighted by molar-refractivity contribution is 7.71. The molecule has 3 nitrogen and oxygen atoms in total. The second kappa shape index (κ2) is 3.85. The molecule has 0 spiro atoms. The van der Waals surface area contributed by atoms with Crippen LogP contribution in [0.4, 0.5) is 0 Å². The lowest BCUT2D eigenvalue weighted by Gasteiger charge is -2.10. The number of rotatable bonds is 4. The van der Waals surface area contributed by atoms with E-state index in [4.69, 9.17) is 12.2 Å². The van der Waals surface area contributed by atoms with Gasteiger partial charge < -0.3 is 4.57 Å². The molecule has 0 saturated heterocycles. The van der Waals surface area contributed by atoms with Gasteiger partial charge in [0, 0.05) is 12.5 Å². The summed E-state index contributed by atoms with van der Waals surface area (Å²) in [5.41, 5.74) is 0. The van der Waals surface area contributed by atoms with Crippen LogP contribution in [0.3, 0.4) is 0 Å². The maximum Gasteiger partial charge on any atom is 0.195 e. The van der Waals surface area contributed by atoms with Crippen LogP contribution in [-0.2, 0) is 6.54 Å². The largest absolute Gasteiger partial charge is 0.304 e. The Kier molecular flexibility index (Phi) is 2.72. The molecule has 1 aromatic rings. The van der Waals surface area contributed by atoms with Gasteiger partial charge in [-0.15, -0.1) is 0 Å². The fourth-order valence-corrected chi connectivity index (χ4v) is 1.81. The zero-order valence-corrected chi connectivity index (χ0v) is 9.60. The van der Waals surface area contributed by atoms with E-state index in [1.165, 1.54) is 25.1 Å². The second-order valence-corrected chi connectivity index (χ2v) is 4.67. The van der Waals surface area contributed by atoms with Crippen molar-refractivity contribution in [1.82, 2.24) is 14.8 Å². The number of hydrogen-bond acceptors (Lipinski definition) is 2. The molecule has 1 saturated carbocycles. The van der Waals surface area contributed by atoms with Crippen molar-refractivity contribution in [1.29, 1.82) is 0 Å². The van der Waals surface area contributed by atoms with Gasteiger partial charge >= 0.3 is 0 Å². The minimum atomic E-state index is 0.673. The van der Waals surface area contributed by atoms with Gasteiger partial charge in [-0.25, -0.2) is 0 Å². The first-order valence-corrected chi connectivity index (χ1v) is 5.78. The minimum absolute atomic E-state index is 0.673. The molecule has 78 valence electrons. The predicted octanol–water partition coefficient (Wildman–Crippen LogP) is 2.86. The standard InChI is InChI=1S/C10H17N3S/c1-3-7(2)6-13-9(8-4-5-8)11-12-10(13)14/h7-8H,3-6H2,1-2H3,(H,12,14). The molecular formula is C10H17N3S. The van der Waals surface area contributed by atoms with E-state index in [0.717, 1.165) is 11.3 Å². The molecule has 0 radical (unpaired) electrons. The Morgan fingerprint density at radius 2 is 2.36 bits per heavy atom. The van der Waals surface area contributed by atoms with E-state index in [1.54, 1.807) is 0 Å². The number of nitrogens with one attached hydrogen (secondary N) is 1. The van der Waals surface area contributed by atoms with Crippen molar-refractivity contribution in [2.45, 2.75) is 45.6 Å². The Balaban J connectivity index is 2.21. The highest BCUT2D eigenvalue weighted by Crippen LogP contribution is 2.39. The number of aromatic nitrogens is 3. The van der Waals surface area contributed by atoms with Crippen LogP contribution in [0.2, 0.25) is 0 Å². The van der Waals surface area contributed by atoms with Gasteiger partial charge in [0.15, 0.2) is 4.77 Å². The topological polar surface area (TPSA) is 33.6 Å². The van der Waals surface area contributed by atoms with Crippen molar-refractivity contribution in [3.8, 4) is 0 Å². The van der Waals surface area contributed by atoms with Gasteiger partial charge in [-0.05, 0) is 31.0 Å². The maximum atomic E-state index is 5.23. The summed E-state index contributed by atoms with van der Waals surface area (Å²) in [4.78, 5) is 0. The molecule has 1 aromatic heterocycles. The van der Waals surface area contributed by atoms with Gasteiger partial charge in [-0.3, -0.25) is 5.10 Å². The fraction of sp³-hybridized carbons (Fsp3) is 0.800. The molecule has 1 N–H and O–H groups in total. The molecular weight excluding hydrogens is 194 g/mol. The number of hydrogen-bond donors (Lipinski definition) is 1. The Hall–Kier alpha value is -0.640. The minimum Gasteiger partial charge on any atom is -0.304 e. The summed E-state index contributed by atoms with van der Waals surface area (Å²) in [5, 5.41) is 7.21. The van der Waals surface area contributed by atoms with E-state index in [0.29, 0.717) is 11.8 Å². The Morgan fingerprint density at radius 3 is 2.93 bits per heavy atom. The van der Waals surface area contributed by atoms with E-state index in [2.05, 4.69) is 28.6 Å². The lowest BCUT2D eigenvalue weighted by molar-refractivity contribution is 0.454. The van der Waals surface area contributed by atoms with Crippen molar-refractivity contribution in [3.63, 3.8) is 0 Å². The van der Waals surface area contributed by atoms with Crippen LogP contribution >= 0.6 is 12.2 Å². The summed E-state index contributed by atoms with van der Waals surface area (Å²) >= 11 is 5.23. The molecule has 2 rings (SSSR count). The van der Waals surface area contributed by atoms with Crippen molar-refractivity contribution < 1.29 is 0 Å². The first-order chi connectivity index (χ1) is 6.72. The molecule has 0 aromatic carbocycles. The summed E-state index contributed by atoms with van der Waals surface area (Å²) in [7, 11) is 0. The van der Waals surface area contributed by atoms with Crippen LogP contribution in [0, 0.1) is 10.7 Å². The van der Waals surface area contributed by atoms with E-state index < -0.39 is 0 Å². The molecule has 4 heteroatoms. The smallest absolute Gasteiger partial charge is 0.195 e. The maximum absolute atomic E-state index is 5.23. The first-order valence-electron chi connectivity index (χ1n) is 5.37. The van der Waals surface area contributed by atoms with E-state index in [1.807, 2.05) is 0 Å². The molecule has 14 heavy (non-hydrogen) atoms. The van der Waals surface area contributed by atoms with Gasteiger partial charge in [0.05, 0.1) is 0 Å². The molecule has 1 atom stereocenters. The van der Waals surface area contributed by atoms with Gasteiger partial charge in [-0.1, -0.05) is 20.3 Å². The van der Waals surface area contributed by atoms with E-state index in [9.17, 15) is 0 Å². The number of nitrogens with zero attached hydrogens (tertiary/aromatic N) is 2. The molecule has 0 bridgehead atoms. The third-order valence-corrected chi connectivity index (χ3v) is 3.23. The van der Waals surface area contributed by atoms with Gasteiger partial charge in [0.25, 0.3) is 0 Å². The van der Waals surface area contributed by atoms with Crippen LogP contribution < -0.4 is 0 Å². The third kappa shape index (κ3) is 1.90. The number of aromatic amines is 1. The summed E-state index contributed by atoms with van der Waals surface area (Å²) in [5.74, 6) is 2.53. The SMILES string of the molecule is CCC(C)Cn1c(C2CC2)n[nH]c1=S. The lowest BCUT2D eigenvalue weighted by atomic mass is 10.1. The average Bonchev–Trinajstić information content (AvgIpc) is 2.95. The Bertz CT molecular complexity index is 362. The highest BCUT2D eigenvalue weighted by atomic mass is 32.1. The summed E-state index contributed by atoms with van der Waals surface area (Å²) < 4.78 is 2.97. The molecule has 0 amide bonds. The Morgan fingerprint density at radius 1 is 1.64 bits per heavy atom. The summed E-state index contributed by atoms with van der Waals surface area (Å²) in [6, 6.07) is 0. The summed E-state index contributed by atoms with van der Waals surface area (Å²) in [6.07, 6.45) is 3.75. The van der Waals surface area contributed by atoms with Gasteiger partial charge in [0.2, 0.25) is 0 Å². The molecule has 0 aliphatic heterocycles. The van der Waals surface area contributed by atoms with Crippen LogP contribution in [-0.4, -0.2) is 14.8 Å². The zero-order chi connectivity index (χ0) is 10.1. The number of H-pyrrole nitrogens is 1. The fourth-order valence-electron chi connectivity index (χ4n) is 1.60. The third-order valence-electron chi connectivity index (χ3n) is 2.92. The highest BCUT2D eigenvalue weighted by Gasteiger charge is 2.29. The Labute approximate surface area is 89.5 Å². The molecule has 1 fully saturated rings. The van der Waals surface area contributed by atoms with Crippen molar-refractivity contribution >= 4 is 12.2 Å². The van der Waals surface area contributed by atoms with Crippen molar-refractivity contribution in [3.05, 3.63) is 10.6 Å². The normalized spacial score (nSPS) is 18.4. The van der Waals surface area contributed by atoms with Crippen molar-refractivity contribution in [2.75, 3.05) is 0 Å². The molecule has 1 aliphatic rings. The van der Waals surface area contributed by atoms with E-state index in [-0.39, 0.29) is 0 Å². The van der Waals surface area contributed by atoms with Crippen LogP contribution in [0.5, 0.6) is 0 Å². The predicted molar refractivity (Wildman–Crippen MR) is 58.8 cm³/mol. The monoisotopic (exact) mass is 211 g/mol. The molecule has 1 unspecified atom stereocenters.